The van der Waals surface area contributed by atoms with Gasteiger partial charge >= 0.3 is 25.8 Å². The zero-order valence-electron chi connectivity index (χ0n) is 10.4. The van der Waals surface area contributed by atoms with Gasteiger partial charge in [0, 0.05) is 0 Å². The monoisotopic (exact) mass is 373 g/mol. The van der Waals surface area contributed by atoms with E-state index in [1.807, 2.05) is 0 Å². The SMILES string of the molecule is C[N-]C.C[N-]C.C[N-]C.[Hf+4].[c-]1[c-][c-][cH-][c-]1. The Labute approximate surface area is 114 Å². The minimum absolute atomic E-state index is 0. The van der Waals surface area contributed by atoms with Crippen LogP contribution in [0.1, 0.15) is 0 Å². The molecule has 0 spiro atoms. The fourth-order valence-electron chi connectivity index (χ4n) is 0.180. The molecule has 0 saturated heterocycles. The van der Waals surface area contributed by atoms with E-state index in [-0.39, 0.29) is 25.8 Å². The average molecular weight is 372 g/mol. The van der Waals surface area contributed by atoms with E-state index >= 15 is 0 Å². The van der Waals surface area contributed by atoms with Crippen molar-refractivity contribution in [3.63, 3.8) is 0 Å². The second-order valence-corrected chi connectivity index (χ2v) is 2.02. The number of nitrogens with zero attached hydrogens (tertiary/aromatic N) is 3. The number of rotatable bonds is 0. The van der Waals surface area contributed by atoms with E-state index in [0.717, 1.165) is 0 Å². The molecule has 0 aliphatic carbocycles. The molecule has 0 unspecified atom stereocenters. The fourth-order valence-corrected chi connectivity index (χ4v) is 0.180. The molecule has 1 aromatic rings. The van der Waals surface area contributed by atoms with Gasteiger partial charge in [0.1, 0.15) is 0 Å². The Kier molecular flexibility index (Phi) is 59.9. The molecule has 1 rings (SSSR count). The van der Waals surface area contributed by atoms with Gasteiger partial charge in [-0.15, -0.1) is 0 Å². The molecule has 3 nitrogen and oxygen atoms in total. The summed E-state index contributed by atoms with van der Waals surface area (Å²) in [5.41, 5.74) is 0. The molecule has 1 aromatic carbocycles. The molecule has 0 radical (unpaired) electrons. The van der Waals surface area contributed by atoms with Crippen molar-refractivity contribution in [2.45, 2.75) is 0 Å². The van der Waals surface area contributed by atoms with Crippen molar-refractivity contribution >= 4 is 0 Å². The smallest absolute Gasteiger partial charge is 0.999 e. The Balaban J connectivity index is -0.0000000550. The standard InChI is InChI=1S/C5H.3C2H6N.Hf/c1-2-4-5-3-1;3*1-3-2;/h1H;3*1-2H3;/q-5;3*-1;+4. The molecule has 0 N–H and O–H groups in total. The van der Waals surface area contributed by atoms with Gasteiger partial charge in [-0.25, -0.2) is 0 Å². The van der Waals surface area contributed by atoms with Crippen LogP contribution < -0.4 is 0 Å². The van der Waals surface area contributed by atoms with Gasteiger partial charge in [-0.05, 0) is 0 Å². The van der Waals surface area contributed by atoms with Crippen molar-refractivity contribution in [3.8, 4) is 0 Å². The van der Waals surface area contributed by atoms with Crippen LogP contribution in [-0.2, 0) is 25.8 Å². The van der Waals surface area contributed by atoms with Gasteiger partial charge < -0.3 is 46.3 Å². The third-order valence-electron chi connectivity index (χ3n) is 0.351. The van der Waals surface area contributed by atoms with E-state index in [4.69, 9.17) is 0 Å². The Morgan fingerprint density at radius 1 is 0.667 bits per heavy atom. The van der Waals surface area contributed by atoms with E-state index in [2.05, 4.69) is 40.2 Å². The summed E-state index contributed by atoms with van der Waals surface area (Å²) in [5, 5.41) is 10.5. The van der Waals surface area contributed by atoms with Crippen LogP contribution in [0.25, 0.3) is 16.0 Å². The first-order valence-electron chi connectivity index (χ1n) is 4.01. The molecule has 0 amide bonds. The zero-order valence-corrected chi connectivity index (χ0v) is 14.0. The summed E-state index contributed by atoms with van der Waals surface area (Å²) in [5.74, 6) is 0. The molecule has 0 saturated carbocycles. The summed E-state index contributed by atoms with van der Waals surface area (Å²) >= 11 is 0. The summed E-state index contributed by atoms with van der Waals surface area (Å²) in [4.78, 5) is 0. The maximum Gasteiger partial charge on any atom is 4.00 e. The predicted octanol–water partition coefficient (Wildman–Crippen LogP) is 2.46. The number of hydrogen-bond donors (Lipinski definition) is 0. The molecule has 0 aromatic heterocycles. The van der Waals surface area contributed by atoms with Crippen LogP contribution in [0.2, 0.25) is 0 Å². The van der Waals surface area contributed by atoms with Gasteiger partial charge in [-0.3, -0.25) is 0 Å². The van der Waals surface area contributed by atoms with E-state index < -0.39 is 0 Å². The first-order valence-corrected chi connectivity index (χ1v) is 4.01. The largest absolute Gasteiger partial charge is 4.00 e. The molecule has 0 heterocycles. The maximum absolute atomic E-state index is 3.50. The van der Waals surface area contributed by atoms with Crippen LogP contribution >= 0.6 is 0 Å². The molecular weight excluding hydrogens is 353 g/mol. The summed E-state index contributed by atoms with van der Waals surface area (Å²) in [6, 6.07) is 12.0. The van der Waals surface area contributed by atoms with Gasteiger partial charge in [0.25, 0.3) is 0 Å². The van der Waals surface area contributed by atoms with Crippen molar-refractivity contribution < 1.29 is 25.8 Å². The molecule has 0 fully saturated rings. The van der Waals surface area contributed by atoms with Crippen molar-refractivity contribution in [2.24, 2.45) is 0 Å². The molecule has 4 heteroatoms. The van der Waals surface area contributed by atoms with Crippen molar-refractivity contribution in [1.82, 2.24) is 0 Å². The third kappa shape index (κ3) is 79.4. The molecule has 15 heavy (non-hydrogen) atoms. The zero-order chi connectivity index (χ0) is 11.7. The van der Waals surface area contributed by atoms with E-state index in [9.17, 15) is 0 Å². The topological polar surface area (TPSA) is 42.3 Å². The van der Waals surface area contributed by atoms with Gasteiger partial charge in [0.2, 0.25) is 0 Å². The van der Waals surface area contributed by atoms with Crippen LogP contribution in [0.4, 0.5) is 0 Å². The molecular formula is C11H19HfN3-4. The van der Waals surface area contributed by atoms with Gasteiger partial charge in [-0.2, -0.15) is 42.3 Å². The Hall–Kier alpha value is 0.100. The Morgan fingerprint density at radius 2 is 0.867 bits per heavy atom. The molecule has 0 aliphatic heterocycles. The quantitative estimate of drug-likeness (QED) is 0.497. The van der Waals surface area contributed by atoms with Crippen LogP contribution in [0.5, 0.6) is 0 Å². The van der Waals surface area contributed by atoms with E-state index in [1.54, 1.807) is 48.4 Å². The van der Waals surface area contributed by atoms with Gasteiger partial charge in [0.15, 0.2) is 0 Å². The molecule has 0 aliphatic rings. The first kappa shape index (κ1) is 24.4. The summed E-state index contributed by atoms with van der Waals surface area (Å²) in [6.07, 6.45) is 0. The summed E-state index contributed by atoms with van der Waals surface area (Å²) < 4.78 is 0. The summed E-state index contributed by atoms with van der Waals surface area (Å²) in [7, 11) is 10.5. The van der Waals surface area contributed by atoms with Crippen molar-refractivity contribution in [3.05, 3.63) is 46.3 Å². The van der Waals surface area contributed by atoms with E-state index in [1.165, 1.54) is 0 Å². The summed E-state index contributed by atoms with van der Waals surface area (Å²) in [6.45, 7) is 0. The molecule has 0 atom stereocenters. The van der Waals surface area contributed by atoms with Crippen LogP contribution in [0, 0.1) is 24.3 Å². The normalized spacial score (nSPS) is 6.27. The van der Waals surface area contributed by atoms with Crippen molar-refractivity contribution in [2.75, 3.05) is 42.3 Å². The second kappa shape index (κ2) is 36.9. The molecule has 0 bridgehead atoms. The van der Waals surface area contributed by atoms with Crippen LogP contribution in [-0.4, -0.2) is 42.3 Å². The minimum atomic E-state index is 0. The third-order valence-corrected chi connectivity index (χ3v) is 0.351. The Morgan fingerprint density at radius 3 is 0.933 bits per heavy atom. The predicted molar refractivity (Wildman–Crippen MR) is 63.0 cm³/mol. The van der Waals surface area contributed by atoms with Crippen molar-refractivity contribution in [1.29, 1.82) is 0 Å². The second-order valence-electron chi connectivity index (χ2n) is 2.02. The first-order chi connectivity index (χ1) is 6.74. The van der Waals surface area contributed by atoms with Crippen LogP contribution in [0.15, 0.2) is 6.07 Å². The molecule has 86 valence electrons. The van der Waals surface area contributed by atoms with Gasteiger partial charge in [-0.1, -0.05) is 0 Å². The maximum atomic E-state index is 3.50. The van der Waals surface area contributed by atoms with Crippen LogP contribution in [0.3, 0.4) is 0 Å². The van der Waals surface area contributed by atoms with Gasteiger partial charge in [0.05, 0.1) is 0 Å². The fraction of sp³-hybridized carbons (Fsp3) is 0.545. The minimum Gasteiger partial charge on any atom is -0.999 e. The Bertz CT molecular complexity index is 99.4. The number of hydrogen-bond acceptors (Lipinski definition) is 0. The van der Waals surface area contributed by atoms with E-state index in [0.29, 0.717) is 0 Å². The average Bonchev–Trinajstić information content (AvgIpc) is 2.63.